The molecular weight excluding hydrogens is 252 g/mol. The number of piperidine rings is 1. The largest absolute Gasteiger partial charge is 0.468 e. The number of ether oxygens (including phenoxy) is 1. The fourth-order valence-electron chi connectivity index (χ4n) is 2.88. The van der Waals surface area contributed by atoms with Crippen molar-refractivity contribution in [1.29, 1.82) is 0 Å². The highest BCUT2D eigenvalue weighted by molar-refractivity contribution is 5.83. The van der Waals surface area contributed by atoms with Crippen molar-refractivity contribution in [2.45, 2.75) is 31.6 Å². The van der Waals surface area contributed by atoms with Crippen LogP contribution in [0.4, 0.5) is 0 Å². The van der Waals surface area contributed by atoms with Crippen molar-refractivity contribution in [1.82, 2.24) is 10.4 Å². The average molecular weight is 276 g/mol. The number of esters is 1. The fourth-order valence-corrected chi connectivity index (χ4v) is 2.88. The van der Waals surface area contributed by atoms with Crippen molar-refractivity contribution in [3.05, 3.63) is 35.9 Å². The van der Waals surface area contributed by atoms with Crippen LogP contribution in [0.2, 0.25) is 0 Å². The standard InChI is InChI=1S/C16H24N2O2/c1-3-11-17-18-12-9-16(10-13-18,15(19)20-2)14-7-5-4-6-8-14/h4-8,17H,3,9-13H2,1-2H3. The molecule has 0 aromatic heterocycles. The highest BCUT2D eigenvalue weighted by atomic mass is 16.5. The average Bonchev–Trinajstić information content (AvgIpc) is 2.53. The molecule has 1 aliphatic rings. The SMILES string of the molecule is CCCNN1CCC(C(=O)OC)(c2ccccc2)CC1. The van der Waals surface area contributed by atoms with Gasteiger partial charge >= 0.3 is 5.97 Å². The van der Waals surface area contributed by atoms with Gasteiger partial charge in [-0.3, -0.25) is 10.2 Å². The zero-order chi connectivity index (χ0) is 14.4. The molecular formula is C16H24N2O2. The van der Waals surface area contributed by atoms with Crippen molar-refractivity contribution in [2.24, 2.45) is 0 Å². The zero-order valence-corrected chi connectivity index (χ0v) is 12.4. The summed E-state index contributed by atoms with van der Waals surface area (Å²) in [5, 5.41) is 2.22. The number of rotatable bonds is 5. The van der Waals surface area contributed by atoms with Gasteiger partial charge in [-0.05, 0) is 24.8 Å². The molecule has 4 nitrogen and oxygen atoms in total. The smallest absolute Gasteiger partial charge is 0.316 e. The number of hydrogen-bond donors (Lipinski definition) is 1. The van der Waals surface area contributed by atoms with Crippen molar-refractivity contribution in [2.75, 3.05) is 26.7 Å². The van der Waals surface area contributed by atoms with Crippen LogP contribution in [0.5, 0.6) is 0 Å². The summed E-state index contributed by atoms with van der Waals surface area (Å²) in [7, 11) is 1.48. The summed E-state index contributed by atoms with van der Waals surface area (Å²) in [6, 6.07) is 10.0. The van der Waals surface area contributed by atoms with Crippen molar-refractivity contribution in [3.8, 4) is 0 Å². The van der Waals surface area contributed by atoms with Crippen LogP contribution in [0.15, 0.2) is 30.3 Å². The minimum Gasteiger partial charge on any atom is -0.468 e. The Balaban J connectivity index is 2.14. The van der Waals surface area contributed by atoms with E-state index in [0.29, 0.717) is 0 Å². The van der Waals surface area contributed by atoms with Crippen LogP contribution < -0.4 is 5.43 Å². The molecule has 1 heterocycles. The Labute approximate surface area is 121 Å². The van der Waals surface area contributed by atoms with Gasteiger partial charge in [-0.25, -0.2) is 5.01 Å². The maximum atomic E-state index is 12.3. The maximum absolute atomic E-state index is 12.3. The van der Waals surface area contributed by atoms with Gasteiger partial charge in [-0.2, -0.15) is 0 Å². The van der Waals surface area contributed by atoms with Crippen LogP contribution in [0.3, 0.4) is 0 Å². The lowest BCUT2D eigenvalue weighted by Gasteiger charge is -2.40. The van der Waals surface area contributed by atoms with E-state index in [2.05, 4.69) is 17.4 Å². The maximum Gasteiger partial charge on any atom is 0.316 e. The Bertz CT molecular complexity index is 425. The number of methoxy groups -OCH3 is 1. The Morgan fingerprint density at radius 3 is 2.50 bits per heavy atom. The van der Waals surface area contributed by atoms with Crippen molar-refractivity contribution in [3.63, 3.8) is 0 Å². The van der Waals surface area contributed by atoms with Gasteiger partial charge < -0.3 is 4.74 Å². The third-order valence-corrected chi connectivity index (χ3v) is 4.10. The summed E-state index contributed by atoms with van der Waals surface area (Å²) in [5.74, 6) is -0.112. The third kappa shape index (κ3) is 3.02. The van der Waals surface area contributed by atoms with Crippen LogP contribution in [0, 0.1) is 0 Å². The Hall–Kier alpha value is -1.39. The Morgan fingerprint density at radius 1 is 1.30 bits per heavy atom. The van der Waals surface area contributed by atoms with Crippen LogP contribution >= 0.6 is 0 Å². The van der Waals surface area contributed by atoms with Gasteiger partial charge in [-0.15, -0.1) is 0 Å². The predicted molar refractivity (Wildman–Crippen MR) is 79.2 cm³/mol. The molecule has 0 aliphatic carbocycles. The summed E-state index contributed by atoms with van der Waals surface area (Å²) >= 11 is 0. The number of benzene rings is 1. The van der Waals surface area contributed by atoms with Crippen LogP contribution in [-0.2, 0) is 14.9 Å². The normalized spacial score (nSPS) is 18.7. The zero-order valence-electron chi connectivity index (χ0n) is 12.4. The molecule has 1 saturated heterocycles. The highest BCUT2D eigenvalue weighted by Gasteiger charge is 2.43. The van der Waals surface area contributed by atoms with E-state index in [0.717, 1.165) is 44.5 Å². The molecule has 1 N–H and O–H groups in total. The van der Waals surface area contributed by atoms with Gasteiger partial charge in [0.2, 0.25) is 0 Å². The first kappa shape index (κ1) is 15.0. The van der Waals surface area contributed by atoms with Crippen molar-refractivity contribution >= 4 is 5.97 Å². The minimum absolute atomic E-state index is 0.112. The molecule has 0 atom stereocenters. The van der Waals surface area contributed by atoms with Gasteiger partial charge in [0.05, 0.1) is 12.5 Å². The molecule has 1 fully saturated rings. The number of carbonyl (C=O) groups is 1. The summed E-state index contributed by atoms with van der Waals surface area (Å²) in [5.41, 5.74) is 3.98. The fraction of sp³-hybridized carbons (Fsp3) is 0.562. The van der Waals surface area contributed by atoms with Crippen LogP contribution in [-0.4, -0.2) is 37.7 Å². The number of carbonyl (C=O) groups excluding carboxylic acids is 1. The Kier molecular flexibility index (Phi) is 5.15. The lowest BCUT2D eigenvalue weighted by molar-refractivity contribution is -0.150. The topological polar surface area (TPSA) is 41.6 Å². The summed E-state index contributed by atoms with van der Waals surface area (Å²) in [6.07, 6.45) is 2.69. The highest BCUT2D eigenvalue weighted by Crippen LogP contribution is 2.36. The second-order valence-electron chi connectivity index (χ2n) is 5.33. The van der Waals surface area contributed by atoms with E-state index in [1.54, 1.807) is 0 Å². The Morgan fingerprint density at radius 2 is 1.95 bits per heavy atom. The van der Waals surface area contributed by atoms with E-state index in [-0.39, 0.29) is 5.97 Å². The van der Waals surface area contributed by atoms with Gasteiger partial charge in [0.25, 0.3) is 0 Å². The van der Waals surface area contributed by atoms with Gasteiger partial charge in [0, 0.05) is 19.6 Å². The van der Waals surface area contributed by atoms with E-state index in [1.807, 2.05) is 30.3 Å². The lowest BCUT2D eigenvalue weighted by atomic mass is 9.73. The quantitative estimate of drug-likeness (QED) is 0.836. The summed E-state index contributed by atoms with van der Waals surface area (Å²) in [6.45, 7) is 4.87. The number of nitrogens with one attached hydrogen (secondary N) is 1. The van der Waals surface area contributed by atoms with Gasteiger partial charge in [0.15, 0.2) is 0 Å². The molecule has 1 aromatic rings. The third-order valence-electron chi connectivity index (χ3n) is 4.10. The van der Waals surface area contributed by atoms with E-state index in [4.69, 9.17) is 4.74 Å². The molecule has 110 valence electrons. The lowest BCUT2D eigenvalue weighted by Crippen LogP contribution is -2.52. The number of hydrogen-bond acceptors (Lipinski definition) is 4. The second kappa shape index (κ2) is 6.86. The summed E-state index contributed by atoms with van der Waals surface area (Å²) < 4.78 is 5.09. The van der Waals surface area contributed by atoms with Crippen molar-refractivity contribution < 1.29 is 9.53 Å². The summed E-state index contributed by atoms with van der Waals surface area (Å²) in [4.78, 5) is 12.3. The number of hydrazine groups is 1. The molecule has 0 radical (unpaired) electrons. The van der Waals surface area contributed by atoms with E-state index in [1.165, 1.54) is 7.11 Å². The molecule has 4 heteroatoms. The van der Waals surface area contributed by atoms with Gasteiger partial charge in [0.1, 0.15) is 0 Å². The molecule has 0 saturated carbocycles. The van der Waals surface area contributed by atoms with Gasteiger partial charge in [-0.1, -0.05) is 37.3 Å². The second-order valence-corrected chi connectivity index (χ2v) is 5.33. The first-order valence-electron chi connectivity index (χ1n) is 7.35. The molecule has 20 heavy (non-hydrogen) atoms. The van der Waals surface area contributed by atoms with Crippen LogP contribution in [0.25, 0.3) is 0 Å². The molecule has 0 bridgehead atoms. The van der Waals surface area contributed by atoms with Crippen LogP contribution in [0.1, 0.15) is 31.7 Å². The first-order chi connectivity index (χ1) is 9.73. The van der Waals surface area contributed by atoms with E-state index in [9.17, 15) is 4.79 Å². The molecule has 0 amide bonds. The minimum atomic E-state index is -0.486. The van der Waals surface area contributed by atoms with E-state index < -0.39 is 5.41 Å². The molecule has 1 aliphatic heterocycles. The molecule has 0 unspecified atom stereocenters. The molecule has 0 spiro atoms. The monoisotopic (exact) mass is 276 g/mol. The molecule has 1 aromatic carbocycles. The number of nitrogens with zero attached hydrogens (tertiary/aromatic N) is 1. The first-order valence-corrected chi connectivity index (χ1v) is 7.35. The van der Waals surface area contributed by atoms with E-state index >= 15 is 0 Å². The molecule has 2 rings (SSSR count). The predicted octanol–water partition coefficient (Wildman–Crippen LogP) is 2.11.